The van der Waals surface area contributed by atoms with Crippen LogP contribution in [0, 0.1) is 6.92 Å². The van der Waals surface area contributed by atoms with E-state index in [2.05, 4.69) is 46.8 Å². The van der Waals surface area contributed by atoms with Gasteiger partial charge in [-0.3, -0.25) is 4.99 Å². The van der Waals surface area contributed by atoms with E-state index in [4.69, 9.17) is 18.9 Å². The summed E-state index contributed by atoms with van der Waals surface area (Å²) in [5, 5.41) is 6.74. The molecule has 2 rings (SSSR count). The number of benzene rings is 2. The lowest BCUT2D eigenvalue weighted by Gasteiger charge is -2.16. The fraction of sp³-hybridized carbons (Fsp3) is 0.480. The summed E-state index contributed by atoms with van der Waals surface area (Å²) < 4.78 is 22.0. The molecule has 0 unspecified atom stereocenters. The fourth-order valence-corrected chi connectivity index (χ4v) is 3.23. The quantitative estimate of drug-likeness (QED) is 0.279. The first-order valence-corrected chi connectivity index (χ1v) is 11.1. The Bertz CT molecular complexity index is 855. The van der Waals surface area contributed by atoms with Crippen LogP contribution in [0.5, 0.6) is 17.2 Å². The van der Waals surface area contributed by atoms with Crippen molar-refractivity contribution in [3.8, 4) is 17.2 Å². The number of aliphatic imine (C=N–C) groups is 1. The third-order valence-electron chi connectivity index (χ3n) is 4.96. The van der Waals surface area contributed by atoms with Crippen LogP contribution in [0.15, 0.2) is 41.4 Å². The normalized spacial score (nSPS) is 11.2. The predicted octanol–water partition coefficient (Wildman–Crippen LogP) is 3.73. The standard InChI is InChI=1S/C25H37N3O4/c1-6-31-14-15-32-23-16-19(2)9-11-21(23)18-28-25(26-3)27-13-7-8-20-10-12-22(29-4)24(17-20)30-5/h9-12,16-17H,6-8,13-15,18H2,1-5H3,(H2,26,27,28). The van der Waals surface area contributed by atoms with Gasteiger partial charge in [-0.15, -0.1) is 0 Å². The summed E-state index contributed by atoms with van der Waals surface area (Å²) in [6, 6.07) is 12.3. The number of guanidine groups is 1. The molecule has 0 radical (unpaired) electrons. The van der Waals surface area contributed by atoms with E-state index < -0.39 is 0 Å². The largest absolute Gasteiger partial charge is 0.493 e. The molecule has 0 aliphatic carbocycles. The molecular weight excluding hydrogens is 406 g/mol. The highest BCUT2D eigenvalue weighted by atomic mass is 16.5. The Hall–Kier alpha value is -2.93. The molecule has 0 aromatic heterocycles. The van der Waals surface area contributed by atoms with Crippen molar-refractivity contribution in [3.05, 3.63) is 53.1 Å². The van der Waals surface area contributed by atoms with Crippen LogP contribution in [-0.2, 0) is 17.7 Å². The van der Waals surface area contributed by atoms with Gasteiger partial charge < -0.3 is 29.6 Å². The minimum atomic E-state index is 0.535. The van der Waals surface area contributed by atoms with Gasteiger partial charge in [-0.05, 0) is 56.0 Å². The number of ether oxygens (including phenoxy) is 4. The molecule has 2 aromatic carbocycles. The lowest BCUT2D eigenvalue weighted by molar-refractivity contribution is 0.110. The van der Waals surface area contributed by atoms with Gasteiger partial charge in [0.25, 0.3) is 0 Å². The number of hydrogen-bond acceptors (Lipinski definition) is 5. The van der Waals surface area contributed by atoms with E-state index in [1.54, 1.807) is 21.3 Å². The van der Waals surface area contributed by atoms with Crippen molar-refractivity contribution in [2.24, 2.45) is 4.99 Å². The Labute approximate surface area is 192 Å². The molecule has 0 atom stereocenters. The first-order valence-electron chi connectivity index (χ1n) is 11.1. The summed E-state index contributed by atoms with van der Waals surface area (Å²) in [4.78, 5) is 4.33. The van der Waals surface area contributed by atoms with Crippen LogP contribution in [0.3, 0.4) is 0 Å². The molecule has 0 saturated heterocycles. The maximum absolute atomic E-state index is 5.92. The van der Waals surface area contributed by atoms with Crippen molar-refractivity contribution in [1.29, 1.82) is 0 Å². The van der Waals surface area contributed by atoms with Crippen molar-refractivity contribution >= 4 is 5.96 Å². The second-order valence-corrected chi connectivity index (χ2v) is 7.30. The van der Waals surface area contributed by atoms with Gasteiger partial charge in [-0.1, -0.05) is 18.2 Å². The number of hydrogen-bond donors (Lipinski definition) is 2. The van der Waals surface area contributed by atoms with E-state index >= 15 is 0 Å². The molecule has 7 nitrogen and oxygen atoms in total. The lowest BCUT2D eigenvalue weighted by Crippen LogP contribution is -2.37. The number of aryl methyl sites for hydroxylation is 2. The Kier molecular flexibility index (Phi) is 11.2. The SMILES string of the molecule is CCOCCOc1cc(C)ccc1CNC(=NC)NCCCc1ccc(OC)c(OC)c1. The fourth-order valence-electron chi connectivity index (χ4n) is 3.23. The molecule has 0 bridgehead atoms. The first kappa shape index (κ1) is 25.3. The molecule has 0 spiro atoms. The van der Waals surface area contributed by atoms with Gasteiger partial charge >= 0.3 is 0 Å². The number of nitrogens with zero attached hydrogens (tertiary/aromatic N) is 1. The molecule has 0 aliphatic rings. The van der Waals surface area contributed by atoms with E-state index in [1.807, 2.05) is 19.1 Å². The Morgan fingerprint density at radius 1 is 0.938 bits per heavy atom. The Morgan fingerprint density at radius 3 is 2.47 bits per heavy atom. The molecule has 0 heterocycles. The zero-order valence-electron chi connectivity index (χ0n) is 20.0. The minimum Gasteiger partial charge on any atom is -0.493 e. The molecule has 176 valence electrons. The number of nitrogens with one attached hydrogen (secondary N) is 2. The zero-order chi connectivity index (χ0) is 23.2. The monoisotopic (exact) mass is 443 g/mol. The van der Waals surface area contributed by atoms with Crippen molar-refractivity contribution < 1.29 is 18.9 Å². The van der Waals surface area contributed by atoms with Crippen LogP contribution in [0.2, 0.25) is 0 Å². The van der Waals surface area contributed by atoms with Gasteiger partial charge in [0.2, 0.25) is 0 Å². The van der Waals surface area contributed by atoms with Gasteiger partial charge in [-0.2, -0.15) is 0 Å². The minimum absolute atomic E-state index is 0.535. The van der Waals surface area contributed by atoms with E-state index in [1.165, 1.54) is 5.56 Å². The van der Waals surface area contributed by atoms with Gasteiger partial charge in [0.15, 0.2) is 17.5 Å². The maximum atomic E-state index is 5.92. The summed E-state index contributed by atoms with van der Waals surface area (Å²) in [5.74, 6) is 3.14. The predicted molar refractivity (Wildman–Crippen MR) is 129 cm³/mol. The van der Waals surface area contributed by atoms with Crippen LogP contribution < -0.4 is 24.8 Å². The van der Waals surface area contributed by atoms with Crippen LogP contribution in [0.1, 0.15) is 30.0 Å². The van der Waals surface area contributed by atoms with Gasteiger partial charge in [0.1, 0.15) is 12.4 Å². The molecule has 0 aliphatic heterocycles. The molecule has 7 heteroatoms. The molecule has 0 saturated carbocycles. The van der Waals surface area contributed by atoms with Crippen LogP contribution in [-0.4, -0.2) is 53.6 Å². The molecule has 32 heavy (non-hydrogen) atoms. The summed E-state index contributed by atoms with van der Waals surface area (Å²) in [7, 11) is 5.08. The third kappa shape index (κ3) is 8.30. The van der Waals surface area contributed by atoms with E-state index in [9.17, 15) is 0 Å². The second kappa shape index (κ2) is 14.2. The van der Waals surface area contributed by atoms with Crippen LogP contribution >= 0.6 is 0 Å². The molecular formula is C25H37N3O4. The zero-order valence-corrected chi connectivity index (χ0v) is 20.0. The number of rotatable bonds is 13. The lowest BCUT2D eigenvalue weighted by atomic mass is 10.1. The van der Waals surface area contributed by atoms with E-state index in [-0.39, 0.29) is 0 Å². The van der Waals surface area contributed by atoms with Crippen LogP contribution in [0.25, 0.3) is 0 Å². The summed E-state index contributed by atoms with van der Waals surface area (Å²) in [5.41, 5.74) is 3.46. The van der Waals surface area contributed by atoms with Gasteiger partial charge in [0, 0.05) is 32.3 Å². The van der Waals surface area contributed by atoms with Gasteiger partial charge in [-0.25, -0.2) is 0 Å². The molecule has 0 fully saturated rings. The topological polar surface area (TPSA) is 73.3 Å². The van der Waals surface area contributed by atoms with E-state index in [0.717, 1.165) is 53.7 Å². The average Bonchev–Trinajstić information content (AvgIpc) is 2.82. The van der Waals surface area contributed by atoms with Gasteiger partial charge in [0.05, 0.1) is 20.8 Å². The molecule has 2 N–H and O–H groups in total. The first-order chi connectivity index (χ1) is 15.6. The molecule has 0 amide bonds. The average molecular weight is 444 g/mol. The highest BCUT2D eigenvalue weighted by molar-refractivity contribution is 5.79. The van der Waals surface area contributed by atoms with Crippen molar-refractivity contribution in [2.75, 3.05) is 47.6 Å². The van der Waals surface area contributed by atoms with Crippen molar-refractivity contribution in [3.63, 3.8) is 0 Å². The highest BCUT2D eigenvalue weighted by Gasteiger charge is 2.07. The molecule has 2 aromatic rings. The van der Waals surface area contributed by atoms with Crippen molar-refractivity contribution in [2.45, 2.75) is 33.2 Å². The summed E-state index contributed by atoms with van der Waals surface area (Å²) >= 11 is 0. The second-order valence-electron chi connectivity index (χ2n) is 7.30. The third-order valence-corrected chi connectivity index (χ3v) is 4.96. The van der Waals surface area contributed by atoms with Crippen LogP contribution in [0.4, 0.5) is 0 Å². The Morgan fingerprint density at radius 2 is 1.75 bits per heavy atom. The Balaban J connectivity index is 1.81. The smallest absolute Gasteiger partial charge is 0.191 e. The van der Waals surface area contributed by atoms with Crippen molar-refractivity contribution in [1.82, 2.24) is 10.6 Å². The maximum Gasteiger partial charge on any atom is 0.191 e. The highest BCUT2D eigenvalue weighted by Crippen LogP contribution is 2.27. The summed E-state index contributed by atoms with van der Waals surface area (Å²) in [6.07, 6.45) is 1.90. The van der Waals surface area contributed by atoms with E-state index in [0.29, 0.717) is 26.4 Å². The number of methoxy groups -OCH3 is 2. The summed E-state index contributed by atoms with van der Waals surface area (Å²) in [6.45, 7) is 7.28.